The second kappa shape index (κ2) is 5.62. The Morgan fingerprint density at radius 1 is 1.52 bits per heavy atom. The molecule has 2 aromatic rings. The number of pyridine rings is 1. The molecule has 3 rings (SSSR count). The lowest BCUT2D eigenvalue weighted by molar-refractivity contribution is 0.263. The van der Waals surface area contributed by atoms with E-state index < -0.39 is 5.82 Å². The van der Waals surface area contributed by atoms with Crippen LogP contribution in [0.25, 0.3) is 10.9 Å². The molecule has 2 N–H and O–H groups in total. The highest BCUT2D eigenvalue weighted by molar-refractivity contribution is 9.10. The molecule has 1 saturated heterocycles. The first-order valence-corrected chi connectivity index (χ1v) is 7.60. The number of rotatable bonds is 2. The molecule has 0 aromatic carbocycles. The van der Waals surface area contributed by atoms with Crippen LogP contribution in [0.2, 0.25) is 0 Å². The van der Waals surface area contributed by atoms with Crippen molar-refractivity contribution in [3.05, 3.63) is 22.2 Å². The Morgan fingerprint density at radius 3 is 2.90 bits per heavy atom. The molecule has 0 radical (unpaired) electrons. The van der Waals surface area contributed by atoms with Gasteiger partial charge in [0.05, 0.1) is 21.6 Å². The van der Waals surface area contributed by atoms with Gasteiger partial charge in [-0.1, -0.05) is 0 Å². The van der Waals surface area contributed by atoms with Crippen molar-refractivity contribution in [1.82, 2.24) is 14.9 Å². The molecule has 0 bridgehead atoms. The van der Waals surface area contributed by atoms with Gasteiger partial charge in [0.15, 0.2) is 11.5 Å². The molecular formula is C14H15BrFN5. The van der Waals surface area contributed by atoms with Crippen LogP contribution in [0, 0.1) is 17.1 Å². The Labute approximate surface area is 130 Å². The topological polar surface area (TPSA) is 67.7 Å². The lowest BCUT2D eigenvalue weighted by atomic mass is 10.1. The van der Waals surface area contributed by atoms with Gasteiger partial charge in [-0.15, -0.1) is 0 Å². The standard InChI is InChI=1S/C14H15BrFN5/c1-21-4-2-8(3-5-21)19-14-12(15)11-10(7-18-14)20-9(6-17)13(11)16/h7-8,20H,2-5H2,1H3,(H,18,19). The molecule has 3 heterocycles. The normalized spacial score (nSPS) is 17.0. The number of halogens is 2. The van der Waals surface area contributed by atoms with E-state index in [1.807, 2.05) is 6.07 Å². The summed E-state index contributed by atoms with van der Waals surface area (Å²) in [6, 6.07) is 2.15. The van der Waals surface area contributed by atoms with E-state index in [-0.39, 0.29) is 5.69 Å². The fourth-order valence-electron chi connectivity index (χ4n) is 2.63. The average molecular weight is 352 g/mol. The minimum Gasteiger partial charge on any atom is -0.366 e. The maximum atomic E-state index is 14.2. The summed E-state index contributed by atoms with van der Waals surface area (Å²) in [7, 11) is 2.11. The van der Waals surface area contributed by atoms with Gasteiger partial charge in [0, 0.05) is 6.04 Å². The van der Waals surface area contributed by atoms with Crippen molar-refractivity contribution < 1.29 is 4.39 Å². The number of nitrogens with zero attached hydrogens (tertiary/aromatic N) is 3. The van der Waals surface area contributed by atoms with E-state index in [2.05, 4.69) is 43.2 Å². The summed E-state index contributed by atoms with van der Waals surface area (Å²) >= 11 is 3.41. The van der Waals surface area contributed by atoms with Crippen molar-refractivity contribution in [1.29, 1.82) is 5.26 Å². The van der Waals surface area contributed by atoms with E-state index in [1.54, 1.807) is 6.20 Å². The lowest BCUT2D eigenvalue weighted by Crippen LogP contribution is -2.36. The maximum Gasteiger partial charge on any atom is 0.168 e. The quantitative estimate of drug-likeness (QED) is 0.872. The van der Waals surface area contributed by atoms with Crippen LogP contribution in [0.3, 0.4) is 0 Å². The summed E-state index contributed by atoms with van der Waals surface area (Å²) in [4.78, 5) is 9.34. The molecule has 0 amide bonds. The first-order valence-electron chi connectivity index (χ1n) is 6.81. The van der Waals surface area contributed by atoms with Crippen molar-refractivity contribution >= 4 is 32.7 Å². The number of likely N-dealkylation sites (tertiary alicyclic amines) is 1. The minimum absolute atomic E-state index is 0.0658. The molecule has 7 heteroatoms. The number of piperidine rings is 1. The van der Waals surface area contributed by atoms with Gasteiger partial charge in [0.1, 0.15) is 11.9 Å². The second-order valence-electron chi connectivity index (χ2n) is 5.36. The average Bonchev–Trinajstić information content (AvgIpc) is 2.81. The van der Waals surface area contributed by atoms with Crippen LogP contribution < -0.4 is 5.32 Å². The van der Waals surface area contributed by atoms with E-state index in [0.29, 0.717) is 27.2 Å². The monoisotopic (exact) mass is 351 g/mol. The molecule has 1 aliphatic heterocycles. The molecule has 1 aliphatic rings. The fourth-order valence-corrected chi connectivity index (χ4v) is 3.24. The molecule has 2 aromatic heterocycles. The number of nitriles is 1. The molecule has 110 valence electrons. The number of fused-ring (bicyclic) bond motifs is 1. The minimum atomic E-state index is -0.534. The number of hydrogen-bond donors (Lipinski definition) is 2. The predicted molar refractivity (Wildman–Crippen MR) is 82.6 cm³/mol. The summed E-state index contributed by atoms with van der Waals surface area (Å²) in [5.41, 5.74) is 0.453. The SMILES string of the molecule is CN1CCC(Nc2ncc3[nH]c(C#N)c(F)c3c2Br)CC1. The lowest BCUT2D eigenvalue weighted by Gasteiger charge is -2.30. The number of hydrogen-bond acceptors (Lipinski definition) is 4. The Morgan fingerprint density at radius 2 is 2.24 bits per heavy atom. The van der Waals surface area contributed by atoms with Gasteiger partial charge in [-0.25, -0.2) is 9.37 Å². The van der Waals surface area contributed by atoms with E-state index in [1.165, 1.54) is 0 Å². The third kappa shape index (κ3) is 2.61. The van der Waals surface area contributed by atoms with Gasteiger partial charge in [-0.05, 0) is 48.9 Å². The van der Waals surface area contributed by atoms with Crippen LogP contribution in [-0.4, -0.2) is 41.0 Å². The summed E-state index contributed by atoms with van der Waals surface area (Å²) in [6.07, 6.45) is 3.62. The van der Waals surface area contributed by atoms with Crippen LogP contribution in [0.4, 0.5) is 10.2 Å². The van der Waals surface area contributed by atoms with Crippen molar-refractivity contribution in [2.45, 2.75) is 18.9 Å². The number of aromatic amines is 1. The molecule has 0 saturated carbocycles. The van der Waals surface area contributed by atoms with Crippen molar-refractivity contribution in [3.8, 4) is 6.07 Å². The van der Waals surface area contributed by atoms with Crippen LogP contribution in [0.15, 0.2) is 10.7 Å². The van der Waals surface area contributed by atoms with Gasteiger partial charge in [-0.2, -0.15) is 5.26 Å². The van der Waals surface area contributed by atoms with Crippen molar-refractivity contribution in [3.63, 3.8) is 0 Å². The van der Waals surface area contributed by atoms with Gasteiger partial charge >= 0.3 is 0 Å². The Kier molecular flexibility index (Phi) is 3.83. The van der Waals surface area contributed by atoms with Crippen LogP contribution >= 0.6 is 15.9 Å². The first kappa shape index (κ1) is 14.3. The van der Waals surface area contributed by atoms with Gasteiger partial charge in [0.2, 0.25) is 0 Å². The molecular weight excluding hydrogens is 337 g/mol. The van der Waals surface area contributed by atoms with E-state index in [4.69, 9.17) is 5.26 Å². The Bertz CT molecular complexity index is 712. The highest BCUT2D eigenvalue weighted by Gasteiger charge is 2.21. The molecule has 0 spiro atoms. The zero-order valence-electron chi connectivity index (χ0n) is 11.6. The third-order valence-corrected chi connectivity index (χ3v) is 4.66. The van der Waals surface area contributed by atoms with Gasteiger partial charge in [-0.3, -0.25) is 0 Å². The van der Waals surface area contributed by atoms with Crippen molar-refractivity contribution in [2.24, 2.45) is 0 Å². The molecule has 0 atom stereocenters. The molecule has 0 unspecified atom stereocenters. The largest absolute Gasteiger partial charge is 0.366 e. The van der Waals surface area contributed by atoms with E-state index in [9.17, 15) is 4.39 Å². The number of aromatic nitrogens is 2. The highest BCUT2D eigenvalue weighted by Crippen LogP contribution is 2.33. The number of nitrogens with one attached hydrogen (secondary N) is 2. The maximum absolute atomic E-state index is 14.2. The summed E-state index contributed by atoms with van der Waals surface area (Å²) in [5, 5.41) is 12.6. The zero-order valence-corrected chi connectivity index (χ0v) is 13.2. The summed E-state index contributed by atoms with van der Waals surface area (Å²) < 4.78 is 14.7. The zero-order chi connectivity index (χ0) is 15.0. The first-order chi connectivity index (χ1) is 10.1. The molecule has 1 fully saturated rings. The number of anilines is 1. The third-order valence-electron chi connectivity index (χ3n) is 3.89. The van der Waals surface area contributed by atoms with E-state index >= 15 is 0 Å². The Balaban J connectivity index is 1.91. The predicted octanol–water partition coefficient (Wildman–Crippen LogP) is 2.84. The van der Waals surface area contributed by atoms with Crippen LogP contribution in [-0.2, 0) is 0 Å². The van der Waals surface area contributed by atoms with Gasteiger partial charge in [0.25, 0.3) is 0 Å². The molecule has 5 nitrogen and oxygen atoms in total. The molecule has 21 heavy (non-hydrogen) atoms. The Hall–Kier alpha value is -1.65. The summed E-state index contributed by atoms with van der Waals surface area (Å²) in [6.45, 7) is 2.07. The van der Waals surface area contributed by atoms with Crippen LogP contribution in [0.5, 0.6) is 0 Å². The highest BCUT2D eigenvalue weighted by atomic mass is 79.9. The fraction of sp³-hybridized carbons (Fsp3) is 0.429. The van der Waals surface area contributed by atoms with Crippen molar-refractivity contribution in [2.75, 3.05) is 25.5 Å². The van der Waals surface area contributed by atoms with Gasteiger partial charge < -0.3 is 15.2 Å². The van der Waals surface area contributed by atoms with Crippen LogP contribution in [0.1, 0.15) is 18.5 Å². The number of H-pyrrole nitrogens is 1. The summed E-state index contributed by atoms with van der Waals surface area (Å²) in [5.74, 6) is 0.0904. The smallest absolute Gasteiger partial charge is 0.168 e. The molecule has 0 aliphatic carbocycles. The second-order valence-corrected chi connectivity index (χ2v) is 6.15. The van der Waals surface area contributed by atoms with E-state index in [0.717, 1.165) is 25.9 Å².